The lowest BCUT2D eigenvalue weighted by Gasteiger charge is -2.25. The topological polar surface area (TPSA) is 0 Å². The third-order valence-corrected chi connectivity index (χ3v) is 2.89. The van der Waals surface area contributed by atoms with E-state index >= 15 is 0 Å². The maximum absolute atomic E-state index is 2.37. The smallest absolute Gasteiger partial charge is 0.00147 e. The van der Waals surface area contributed by atoms with Gasteiger partial charge in [-0.05, 0) is 30.3 Å². The number of hydrogen-bond acceptors (Lipinski definition) is 0. The van der Waals surface area contributed by atoms with Gasteiger partial charge >= 0.3 is 0 Å². The van der Waals surface area contributed by atoms with Gasteiger partial charge < -0.3 is 0 Å². The Hall–Kier alpha value is -0.170. The molecule has 0 aromatic carbocycles. The summed E-state index contributed by atoms with van der Waals surface area (Å²) < 4.78 is 0. The second-order valence-electron chi connectivity index (χ2n) is 4.19. The Bertz CT molecular complexity index is 193. The summed E-state index contributed by atoms with van der Waals surface area (Å²) in [6.45, 7) is 2.24. The van der Waals surface area contributed by atoms with E-state index in [2.05, 4.69) is 43.9 Å². The fourth-order valence-electron chi connectivity index (χ4n) is 1.32. The fourth-order valence-corrected chi connectivity index (χ4v) is 2.51. The van der Waals surface area contributed by atoms with Crippen LogP contribution in [0, 0.1) is 5.92 Å². The first-order valence-corrected chi connectivity index (χ1v) is 7.05. The van der Waals surface area contributed by atoms with Crippen LogP contribution < -0.4 is 0 Å². The molecule has 0 nitrogen and oxygen atoms in total. The number of hydrogen-bond donors (Lipinski definition) is 0. The van der Waals surface area contributed by atoms with Gasteiger partial charge in [-0.15, -0.1) is 0 Å². The Labute approximate surface area is 71.7 Å². The van der Waals surface area contributed by atoms with E-state index < -0.39 is 0 Å². The van der Waals surface area contributed by atoms with Crippen LogP contribution in [0.1, 0.15) is 6.92 Å². The zero-order valence-electron chi connectivity index (χ0n) is 7.92. The molecule has 0 aliphatic heterocycles. The summed E-state index contributed by atoms with van der Waals surface area (Å²) in [5.41, 5.74) is 1.54. The van der Waals surface area contributed by atoms with Gasteiger partial charge in [-0.3, -0.25) is 0 Å². The molecule has 0 bridgehead atoms. The fraction of sp³-hybridized carbons (Fsp3) is 0.600. The van der Waals surface area contributed by atoms with Crippen molar-refractivity contribution in [2.45, 2.75) is 6.92 Å². The third kappa shape index (κ3) is 3.15. The highest BCUT2D eigenvalue weighted by Crippen LogP contribution is 2.38. The van der Waals surface area contributed by atoms with Crippen LogP contribution in [0.15, 0.2) is 23.8 Å². The molecule has 1 atom stereocenters. The van der Waals surface area contributed by atoms with Gasteiger partial charge in [0.05, 0.1) is 0 Å². The van der Waals surface area contributed by atoms with Crippen LogP contribution in [-0.2, 0) is 0 Å². The van der Waals surface area contributed by atoms with Crippen LogP contribution in [-0.4, -0.2) is 24.5 Å². The van der Waals surface area contributed by atoms with Gasteiger partial charge in [0.25, 0.3) is 0 Å². The molecule has 0 N–H and O–H groups in total. The van der Waals surface area contributed by atoms with Crippen molar-refractivity contribution in [3.8, 4) is 0 Å². The van der Waals surface area contributed by atoms with E-state index in [1.54, 1.807) is 5.57 Å². The molecule has 0 amide bonds. The first-order chi connectivity index (χ1) is 4.97. The van der Waals surface area contributed by atoms with Crippen LogP contribution in [0.2, 0.25) is 0 Å². The molecule has 1 aliphatic rings. The highest BCUT2D eigenvalue weighted by molar-refractivity contribution is 8.32. The molecular weight excluding hydrogens is 152 g/mol. The maximum atomic E-state index is 2.37. The van der Waals surface area contributed by atoms with Gasteiger partial charge in [-0.1, -0.05) is 25.2 Å². The second-order valence-corrected chi connectivity index (χ2v) is 8.67. The van der Waals surface area contributed by atoms with Gasteiger partial charge in [-0.25, -0.2) is 10.0 Å². The SMILES string of the molecule is CC1C=CC(CS(C)(C)C)=C1. The predicted octanol–water partition coefficient (Wildman–Crippen LogP) is 2.81. The number of rotatable bonds is 2. The van der Waals surface area contributed by atoms with Crippen molar-refractivity contribution in [1.29, 1.82) is 0 Å². The van der Waals surface area contributed by atoms with Crippen LogP contribution in [0.25, 0.3) is 0 Å². The van der Waals surface area contributed by atoms with Gasteiger partial charge in [0, 0.05) is 5.75 Å². The Morgan fingerprint density at radius 3 is 2.36 bits per heavy atom. The summed E-state index contributed by atoms with van der Waals surface area (Å²) >= 11 is 0. The molecule has 1 rings (SSSR count). The molecule has 1 heteroatoms. The predicted molar refractivity (Wildman–Crippen MR) is 56.6 cm³/mol. The average Bonchev–Trinajstić information content (AvgIpc) is 2.10. The van der Waals surface area contributed by atoms with Crippen LogP contribution in [0.4, 0.5) is 0 Å². The number of allylic oxidation sites excluding steroid dienone is 3. The molecular formula is C10H18S. The Morgan fingerprint density at radius 1 is 1.36 bits per heavy atom. The normalized spacial score (nSPS) is 25.5. The van der Waals surface area contributed by atoms with Crippen LogP contribution >= 0.6 is 10.0 Å². The van der Waals surface area contributed by atoms with Crippen molar-refractivity contribution in [1.82, 2.24) is 0 Å². The van der Waals surface area contributed by atoms with Crippen LogP contribution in [0.3, 0.4) is 0 Å². The molecule has 0 saturated heterocycles. The molecule has 0 aromatic rings. The van der Waals surface area contributed by atoms with E-state index in [4.69, 9.17) is 0 Å². The molecule has 11 heavy (non-hydrogen) atoms. The summed E-state index contributed by atoms with van der Waals surface area (Å²) in [4.78, 5) is 0. The van der Waals surface area contributed by atoms with Crippen molar-refractivity contribution in [2.24, 2.45) is 5.92 Å². The van der Waals surface area contributed by atoms with Gasteiger partial charge in [0.15, 0.2) is 0 Å². The Morgan fingerprint density at radius 2 is 2.00 bits per heavy atom. The zero-order valence-corrected chi connectivity index (χ0v) is 8.74. The van der Waals surface area contributed by atoms with E-state index in [1.807, 2.05) is 0 Å². The standard InChI is InChI=1S/C10H18S/c1-9-5-6-10(7-9)8-11(2,3)4/h5-7,9H,8H2,1-4H3. The Balaban J connectivity index is 2.53. The quantitative estimate of drug-likeness (QED) is 0.598. The summed E-state index contributed by atoms with van der Waals surface area (Å²) in [5.74, 6) is 1.96. The summed E-state index contributed by atoms with van der Waals surface area (Å²) in [7, 11) is -0.351. The molecule has 0 aromatic heterocycles. The largest absolute Gasteiger partial charge is 0.246 e. The first kappa shape index (κ1) is 8.92. The highest BCUT2D eigenvalue weighted by Gasteiger charge is 2.10. The lowest BCUT2D eigenvalue weighted by molar-refractivity contribution is 0.955. The minimum absolute atomic E-state index is 0.351. The van der Waals surface area contributed by atoms with E-state index in [0.29, 0.717) is 5.92 Å². The molecule has 1 unspecified atom stereocenters. The van der Waals surface area contributed by atoms with Crippen molar-refractivity contribution >= 4 is 10.0 Å². The van der Waals surface area contributed by atoms with E-state index in [0.717, 1.165) is 0 Å². The Kier molecular flexibility index (Phi) is 2.48. The lowest BCUT2D eigenvalue weighted by Crippen LogP contribution is -1.99. The molecule has 0 radical (unpaired) electrons. The van der Waals surface area contributed by atoms with Crippen LogP contribution in [0.5, 0.6) is 0 Å². The van der Waals surface area contributed by atoms with Gasteiger partial charge in [0.1, 0.15) is 0 Å². The average molecular weight is 170 g/mol. The molecule has 0 fully saturated rings. The van der Waals surface area contributed by atoms with E-state index in [-0.39, 0.29) is 10.0 Å². The monoisotopic (exact) mass is 170 g/mol. The van der Waals surface area contributed by atoms with E-state index in [9.17, 15) is 0 Å². The third-order valence-electron chi connectivity index (χ3n) is 1.69. The molecule has 0 heterocycles. The summed E-state index contributed by atoms with van der Waals surface area (Å²) in [6.07, 6.45) is 14.0. The highest BCUT2D eigenvalue weighted by atomic mass is 32.3. The minimum Gasteiger partial charge on any atom is -0.246 e. The van der Waals surface area contributed by atoms with Gasteiger partial charge in [0.2, 0.25) is 0 Å². The molecule has 1 aliphatic carbocycles. The van der Waals surface area contributed by atoms with Crippen molar-refractivity contribution in [3.63, 3.8) is 0 Å². The van der Waals surface area contributed by atoms with Crippen molar-refractivity contribution < 1.29 is 0 Å². The van der Waals surface area contributed by atoms with E-state index in [1.165, 1.54) is 5.75 Å². The molecule has 64 valence electrons. The zero-order chi connectivity index (χ0) is 8.48. The lowest BCUT2D eigenvalue weighted by atomic mass is 10.2. The first-order valence-electron chi connectivity index (χ1n) is 4.02. The molecule has 0 spiro atoms. The summed E-state index contributed by atoms with van der Waals surface area (Å²) in [6, 6.07) is 0. The summed E-state index contributed by atoms with van der Waals surface area (Å²) in [5, 5.41) is 0. The van der Waals surface area contributed by atoms with Gasteiger partial charge in [-0.2, -0.15) is 0 Å². The maximum Gasteiger partial charge on any atom is 0.00147 e. The molecule has 0 saturated carbocycles. The second kappa shape index (κ2) is 3.06. The minimum atomic E-state index is -0.351. The van der Waals surface area contributed by atoms with Crippen molar-refractivity contribution in [2.75, 3.05) is 24.5 Å². The van der Waals surface area contributed by atoms with Crippen molar-refractivity contribution in [3.05, 3.63) is 23.8 Å².